The lowest BCUT2D eigenvalue weighted by molar-refractivity contribution is -0.115. The average Bonchev–Trinajstić information content (AvgIpc) is 2.86. The monoisotopic (exact) mass is 562 g/mol. The summed E-state index contributed by atoms with van der Waals surface area (Å²) in [6.07, 6.45) is 0.611. The Kier molecular flexibility index (Phi) is 8.56. The van der Waals surface area contributed by atoms with Gasteiger partial charge < -0.3 is 16.0 Å². The van der Waals surface area contributed by atoms with E-state index in [2.05, 4.69) is 46.8 Å². The van der Waals surface area contributed by atoms with Crippen LogP contribution in [-0.4, -0.2) is 26.1 Å². The van der Waals surface area contributed by atoms with Gasteiger partial charge in [0.15, 0.2) is 5.16 Å². The zero-order valence-corrected chi connectivity index (χ0v) is 22.7. The number of rotatable bonds is 9. The SMILES string of the molecule is CCC(Sc1nc(Nc2ccc(C)cc2)nc(Nc2ccc(C)cc2)n1)C(=O)Nc1ccc(Br)cc1. The molecule has 0 aliphatic carbocycles. The van der Waals surface area contributed by atoms with E-state index in [-0.39, 0.29) is 11.2 Å². The minimum absolute atomic E-state index is 0.105. The molecule has 1 amide bonds. The fourth-order valence-electron chi connectivity index (χ4n) is 3.26. The minimum Gasteiger partial charge on any atom is -0.325 e. The van der Waals surface area contributed by atoms with E-state index in [0.29, 0.717) is 23.5 Å². The third-order valence-electron chi connectivity index (χ3n) is 5.25. The molecule has 0 fully saturated rings. The second-order valence-electron chi connectivity index (χ2n) is 8.26. The fraction of sp³-hybridized carbons (Fsp3) is 0.185. The molecule has 3 aromatic carbocycles. The van der Waals surface area contributed by atoms with Crippen LogP contribution in [0.3, 0.4) is 0 Å². The van der Waals surface area contributed by atoms with Crippen LogP contribution in [0.1, 0.15) is 24.5 Å². The van der Waals surface area contributed by atoms with Gasteiger partial charge in [0.05, 0.1) is 5.25 Å². The van der Waals surface area contributed by atoms with Gasteiger partial charge in [0.2, 0.25) is 17.8 Å². The topological polar surface area (TPSA) is 91.8 Å². The Morgan fingerprint density at radius 2 is 1.25 bits per heavy atom. The van der Waals surface area contributed by atoms with E-state index in [1.807, 2.05) is 93.6 Å². The molecular formula is C27H27BrN6OS. The molecule has 0 saturated carbocycles. The molecule has 7 nitrogen and oxygen atoms in total. The number of thioether (sulfide) groups is 1. The largest absolute Gasteiger partial charge is 0.325 e. The smallest absolute Gasteiger partial charge is 0.237 e. The van der Waals surface area contributed by atoms with E-state index < -0.39 is 0 Å². The van der Waals surface area contributed by atoms with Crippen molar-refractivity contribution in [3.63, 3.8) is 0 Å². The first kappa shape index (κ1) is 25.7. The number of aryl methyl sites for hydroxylation is 2. The van der Waals surface area contributed by atoms with Gasteiger partial charge in [-0.15, -0.1) is 0 Å². The van der Waals surface area contributed by atoms with Crippen LogP contribution in [0.5, 0.6) is 0 Å². The molecule has 0 saturated heterocycles. The Bertz CT molecular complexity index is 1250. The number of nitrogens with one attached hydrogen (secondary N) is 3. The van der Waals surface area contributed by atoms with Crippen LogP contribution >= 0.6 is 27.7 Å². The first-order valence-corrected chi connectivity index (χ1v) is 13.2. The standard InChI is InChI=1S/C27H27BrN6OS/c1-4-23(24(35)29-20-15-9-19(28)10-16-20)36-27-33-25(30-21-11-5-17(2)6-12-21)32-26(34-27)31-22-13-7-18(3)8-14-22/h5-16,23H,4H2,1-3H3,(H,29,35)(H2,30,31,32,33,34). The van der Waals surface area contributed by atoms with Crippen molar-refractivity contribution in [2.24, 2.45) is 0 Å². The summed E-state index contributed by atoms with van der Waals surface area (Å²) in [5.41, 5.74) is 4.79. The van der Waals surface area contributed by atoms with E-state index in [1.54, 1.807) is 0 Å². The number of carbonyl (C=O) groups is 1. The van der Waals surface area contributed by atoms with Crippen LogP contribution < -0.4 is 16.0 Å². The van der Waals surface area contributed by atoms with Crippen molar-refractivity contribution in [3.8, 4) is 0 Å². The van der Waals surface area contributed by atoms with E-state index in [4.69, 9.17) is 0 Å². The highest BCUT2D eigenvalue weighted by Crippen LogP contribution is 2.27. The second-order valence-corrected chi connectivity index (χ2v) is 10.3. The molecule has 3 N–H and O–H groups in total. The van der Waals surface area contributed by atoms with Gasteiger partial charge in [-0.3, -0.25) is 4.79 Å². The predicted molar refractivity (Wildman–Crippen MR) is 151 cm³/mol. The number of nitrogens with zero attached hydrogens (tertiary/aromatic N) is 3. The lowest BCUT2D eigenvalue weighted by Gasteiger charge is -2.15. The summed E-state index contributed by atoms with van der Waals surface area (Å²) in [5.74, 6) is 0.689. The molecule has 1 aromatic heterocycles. The van der Waals surface area contributed by atoms with Crippen LogP contribution in [0.25, 0.3) is 0 Å². The summed E-state index contributed by atoms with van der Waals surface area (Å²) in [5, 5.41) is 9.55. The molecule has 0 bridgehead atoms. The molecule has 184 valence electrons. The Balaban J connectivity index is 1.57. The number of halogens is 1. The van der Waals surface area contributed by atoms with E-state index in [9.17, 15) is 4.79 Å². The van der Waals surface area contributed by atoms with Gasteiger partial charge in [-0.25, -0.2) is 0 Å². The first-order chi connectivity index (χ1) is 17.4. The van der Waals surface area contributed by atoms with Crippen molar-refractivity contribution in [2.75, 3.05) is 16.0 Å². The van der Waals surface area contributed by atoms with E-state index >= 15 is 0 Å². The van der Waals surface area contributed by atoms with Gasteiger partial charge in [0, 0.05) is 21.5 Å². The van der Waals surface area contributed by atoms with Crippen LogP contribution in [0.2, 0.25) is 0 Å². The van der Waals surface area contributed by atoms with E-state index in [0.717, 1.165) is 32.7 Å². The summed E-state index contributed by atoms with van der Waals surface area (Å²) in [6, 6.07) is 23.5. The van der Waals surface area contributed by atoms with Gasteiger partial charge in [0.1, 0.15) is 0 Å². The van der Waals surface area contributed by atoms with Crippen LogP contribution in [-0.2, 0) is 4.79 Å². The summed E-state index contributed by atoms with van der Waals surface area (Å²) < 4.78 is 0.953. The van der Waals surface area contributed by atoms with Crippen LogP contribution in [0.4, 0.5) is 29.0 Å². The molecule has 1 atom stereocenters. The second kappa shape index (κ2) is 12.0. The molecule has 1 heterocycles. The number of amides is 1. The first-order valence-electron chi connectivity index (χ1n) is 11.5. The maximum atomic E-state index is 13.0. The molecule has 0 aliphatic heterocycles. The maximum absolute atomic E-state index is 13.0. The maximum Gasteiger partial charge on any atom is 0.237 e. The summed E-state index contributed by atoms with van der Waals surface area (Å²) in [6.45, 7) is 6.04. The fourth-order valence-corrected chi connectivity index (χ4v) is 4.39. The highest BCUT2D eigenvalue weighted by molar-refractivity contribution is 9.10. The average molecular weight is 564 g/mol. The number of carbonyl (C=O) groups excluding carboxylic acids is 1. The molecule has 9 heteroatoms. The molecule has 0 radical (unpaired) electrons. The molecular weight excluding hydrogens is 536 g/mol. The molecule has 36 heavy (non-hydrogen) atoms. The van der Waals surface area contributed by atoms with Crippen LogP contribution in [0.15, 0.2) is 82.4 Å². The minimum atomic E-state index is -0.379. The van der Waals surface area contributed by atoms with Gasteiger partial charge >= 0.3 is 0 Å². The molecule has 0 spiro atoms. The van der Waals surface area contributed by atoms with Gasteiger partial charge in [-0.1, -0.05) is 70.0 Å². The molecule has 0 aliphatic rings. The van der Waals surface area contributed by atoms with Crippen molar-refractivity contribution >= 4 is 62.6 Å². The number of anilines is 5. The third-order valence-corrected chi connectivity index (χ3v) is 7.01. The molecule has 4 rings (SSSR count). The van der Waals surface area contributed by atoms with Gasteiger partial charge in [0.25, 0.3) is 0 Å². The molecule has 4 aromatic rings. The zero-order valence-electron chi connectivity index (χ0n) is 20.2. The summed E-state index contributed by atoms with van der Waals surface area (Å²) in [4.78, 5) is 26.8. The van der Waals surface area contributed by atoms with Crippen molar-refractivity contribution in [1.82, 2.24) is 15.0 Å². The number of hydrogen-bond acceptors (Lipinski definition) is 7. The van der Waals surface area contributed by atoms with Gasteiger partial charge in [-0.05, 0) is 68.8 Å². The van der Waals surface area contributed by atoms with Crippen molar-refractivity contribution in [1.29, 1.82) is 0 Å². The highest BCUT2D eigenvalue weighted by atomic mass is 79.9. The Labute approximate surface area is 223 Å². The summed E-state index contributed by atoms with van der Waals surface area (Å²) >= 11 is 4.73. The normalized spacial score (nSPS) is 11.6. The van der Waals surface area contributed by atoms with Crippen molar-refractivity contribution < 1.29 is 4.79 Å². The van der Waals surface area contributed by atoms with Crippen molar-refractivity contribution in [2.45, 2.75) is 37.6 Å². The summed E-state index contributed by atoms with van der Waals surface area (Å²) in [7, 11) is 0. The predicted octanol–water partition coefficient (Wildman–Crippen LogP) is 7.25. The van der Waals surface area contributed by atoms with Crippen molar-refractivity contribution in [3.05, 3.63) is 88.4 Å². The number of benzene rings is 3. The Morgan fingerprint density at radius 3 is 1.72 bits per heavy atom. The Hall–Kier alpha value is -3.43. The zero-order chi connectivity index (χ0) is 25.5. The lowest BCUT2D eigenvalue weighted by Crippen LogP contribution is -2.25. The lowest BCUT2D eigenvalue weighted by atomic mass is 10.2. The molecule has 1 unspecified atom stereocenters. The van der Waals surface area contributed by atoms with E-state index in [1.165, 1.54) is 11.8 Å². The Morgan fingerprint density at radius 1 is 0.778 bits per heavy atom. The quantitative estimate of drug-likeness (QED) is 0.185. The number of aromatic nitrogens is 3. The van der Waals surface area contributed by atoms with Crippen LogP contribution in [0, 0.1) is 13.8 Å². The third kappa shape index (κ3) is 7.29. The number of hydrogen-bond donors (Lipinski definition) is 3. The highest BCUT2D eigenvalue weighted by Gasteiger charge is 2.21. The van der Waals surface area contributed by atoms with Gasteiger partial charge in [-0.2, -0.15) is 15.0 Å².